The van der Waals surface area contributed by atoms with Crippen molar-refractivity contribution in [2.75, 3.05) is 0 Å². The molecule has 0 atom stereocenters. The summed E-state index contributed by atoms with van der Waals surface area (Å²) in [5.74, 6) is 0.0639. The number of hydrogen-bond donors (Lipinski definition) is 2. The quantitative estimate of drug-likeness (QED) is 0.568. The van der Waals surface area contributed by atoms with Crippen molar-refractivity contribution in [2.45, 2.75) is 33.6 Å². The first kappa shape index (κ1) is 11.4. The average Bonchev–Trinajstić information content (AvgIpc) is 2.39. The van der Waals surface area contributed by atoms with Crippen LogP contribution < -0.4 is 5.73 Å². The average molecular weight is 208 g/mol. The van der Waals surface area contributed by atoms with Crippen molar-refractivity contribution >= 4 is 11.7 Å². The van der Waals surface area contributed by atoms with Crippen molar-refractivity contribution in [1.29, 1.82) is 5.41 Å². The van der Waals surface area contributed by atoms with Crippen molar-refractivity contribution in [2.24, 2.45) is 5.73 Å². The molecule has 0 bridgehead atoms. The number of nitrogen functional groups attached to an aromatic ring is 1. The van der Waals surface area contributed by atoms with Gasteiger partial charge in [0.1, 0.15) is 5.78 Å². The fourth-order valence-electron chi connectivity index (χ4n) is 1.57. The summed E-state index contributed by atoms with van der Waals surface area (Å²) in [4.78, 5) is 10.9. The zero-order valence-electron chi connectivity index (χ0n) is 9.29. The van der Waals surface area contributed by atoms with Gasteiger partial charge in [0.05, 0.1) is 5.69 Å². The Labute approximate surface area is 88.8 Å². The molecule has 0 fully saturated rings. The third-order valence-electron chi connectivity index (χ3n) is 2.40. The van der Waals surface area contributed by atoms with Crippen LogP contribution in [0.3, 0.4) is 0 Å². The van der Waals surface area contributed by atoms with E-state index >= 15 is 0 Å². The van der Waals surface area contributed by atoms with Crippen LogP contribution in [0.25, 0.3) is 0 Å². The topological polar surface area (TPSA) is 84.8 Å². The molecule has 0 unspecified atom stereocenters. The molecule has 1 aromatic heterocycles. The molecule has 3 N–H and O–H groups in total. The highest BCUT2D eigenvalue weighted by molar-refractivity contribution is 5.78. The van der Waals surface area contributed by atoms with Crippen LogP contribution in [0.5, 0.6) is 0 Å². The fourth-order valence-corrected chi connectivity index (χ4v) is 1.57. The second kappa shape index (κ2) is 4.25. The SMILES string of the molecule is CC(=O)CCc1c(C)nn(C(=N)N)c1C. The van der Waals surface area contributed by atoms with Gasteiger partial charge >= 0.3 is 0 Å². The number of ketones is 1. The minimum atomic E-state index is -0.0929. The van der Waals surface area contributed by atoms with Gasteiger partial charge in [0.2, 0.25) is 5.96 Å². The Morgan fingerprint density at radius 2 is 2.13 bits per heavy atom. The molecule has 5 heteroatoms. The molecule has 1 heterocycles. The molecule has 0 spiro atoms. The van der Waals surface area contributed by atoms with E-state index in [-0.39, 0.29) is 11.7 Å². The monoisotopic (exact) mass is 208 g/mol. The molecule has 0 amide bonds. The molecule has 0 saturated carbocycles. The second-order valence-corrected chi connectivity index (χ2v) is 3.65. The molecule has 15 heavy (non-hydrogen) atoms. The van der Waals surface area contributed by atoms with E-state index in [1.54, 1.807) is 6.92 Å². The van der Waals surface area contributed by atoms with Crippen molar-refractivity contribution in [3.8, 4) is 0 Å². The number of nitrogens with one attached hydrogen (secondary N) is 1. The summed E-state index contributed by atoms with van der Waals surface area (Å²) in [7, 11) is 0. The number of nitrogens with zero attached hydrogens (tertiary/aromatic N) is 2. The summed E-state index contributed by atoms with van der Waals surface area (Å²) in [6, 6.07) is 0. The number of hydrogen-bond acceptors (Lipinski definition) is 3. The van der Waals surface area contributed by atoms with Gasteiger partial charge in [-0.1, -0.05) is 0 Å². The van der Waals surface area contributed by atoms with E-state index in [1.165, 1.54) is 4.68 Å². The van der Waals surface area contributed by atoms with Gasteiger partial charge in [-0.3, -0.25) is 5.41 Å². The van der Waals surface area contributed by atoms with E-state index in [9.17, 15) is 4.79 Å². The Bertz CT molecular complexity index is 406. The first-order valence-corrected chi connectivity index (χ1v) is 4.82. The Balaban J connectivity index is 2.97. The molecular formula is C10H16N4O. The maximum atomic E-state index is 10.9. The van der Waals surface area contributed by atoms with Crippen molar-refractivity contribution in [3.05, 3.63) is 17.0 Å². The predicted molar refractivity (Wildman–Crippen MR) is 58.0 cm³/mol. The van der Waals surface area contributed by atoms with Gasteiger partial charge < -0.3 is 10.5 Å². The molecule has 1 rings (SSSR count). The highest BCUT2D eigenvalue weighted by Gasteiger charge is 2.12. The molecule has 1 aromatic rings. The number of aryl methyl sites for hydroxylation is 1. The van der Waals surface area contributed by atoms with E-state index < -0.39 is 0 Å². The van der Waals surface area contributed by atoms with Crippen molar-refractivity contribution < 1.29 is 4.79 Å². The molecular weight excluding hydrogens is 192 g/mol. The second-order valence-electron chi connectivity index (χ2n) is 3.65. The van der Waals surface area contributed by atoms with Crippen LogP contribution in [-0.4, -0.2) is 21.5 Å². The van der Waals surface area contributed by atoms with Crippen LogP contribution in [0.1, 0.15) is 30.3 Å². The third kappa shape index (κ3) is 2.43. The van der Waals surface area contributed by atoms with E-state index in [1.807, 2.05) is 13.8 Å². The third-order valence-corrected chi connectivity index (χ3v) is 2.40. The van der Waals surface area contributed by atoms with Gasteiger partial charge in [-0.05, 0) is 32.8 Å². The molecule has 0 aliphatic carbocycles. The van der Waals surface area contributed by atoms with Crippen LogP contribution in [0.4, 0.5) is 0 Å². The molecule has 0 saturated heterocycles. The Hall–Kier alpha value is -1.65. The summed E-state index contributed by atoms with van der Waals surface area (Å²) < 4.78 is 1.39. The molecule has 5 nitrogen and oxygen atoms in total. The van der Waals surface area contributed by atoms with E-state index in [0.29, 0.717) is 12.8 Å². The Kier molecular flexibility index (Phi) is 3.24. The normalized spacial score (nSPS) is 10.3. The molecule has 0 radical (unpaired) electrons. The summed E-state index contributed by atoms with van der Waals surface area (Å²) in [5, 5.41) is 11.5. The number of nitrogens with two attached hydrogens (primary N) is 1. The highest BCUT2D eigenvalue weighted by atomic mass is 16.1. The lowest BCUT2D eigenvalue weighted by Gasteiger charge is -2.01. The number of carbonyl (C=O) groups is 1. The van der Waals surface area contributed by atoms with Gasteiger partial charge in [-0.25, -0.2) is 4.68 Å². The fraction of sp³-hybridized carbons (Fsp3) is 0.500. The molecule has 0 aliphatic rings. The maximum absolute atomic E-state index is 10.9. The van der Waals surface area contributed by atoms with Gasteiger partial charge in [0.25, 0.3) is 0 Å². The number of Topliss-reactive ketones (excluding diaryl/α,β-unsaturated/α-hetero) is 1. The molecule has 82 valence electrons. The number of carbonyl (C=O) groups excluding carboxylic acids is 1. The summed E-state index contributed by atoms with van der Waals surface area (Å²) in [6.45, 7) is 5.29. The zero-order chi connectivity index (χ0) is 11.6. The zero-order valence-corrected chi connectivity index (χ0v) is 9.29. The maximum Gasteiger partial charge on any atom is 0.213 e. The first-order chi connectivity index (χ1) is 6.93. The standard InChI is InChI=1S/C10H16N4O/c1-6(15)4-5-9-7(2)13-14(8(9)3)10(11)12/h4-5H2,1-3H3,(H3,11,12). The van der Waals surface area contributed by atoms with E-state index in [0.717, 1.165) is 17.0 Å². The van der Waals surface area contributed by atoms with E-state index in [4.69, 9.17) is 11.1 Å². The summed E-state index contributed by atoms with van der Waals surface area (Å²) in [6.07, 6.45) is 1.17. The van der Waals surface area contributed by atoms with Gasteiger partial charge in [0, 0.05) is 12.1 Å². The van der Waals surface area contributed by atoms with Crippen LogP contribution in [-0.2, 0) is 11.2 Å². The van der Waals surface area contributed by atoms with Crippen LogP contribution >= 0.6 is 0 Å². The van der Waals surface area contributed by atoms with Crippen LogP contribution in [0, 0.1) is 19.3 Å². The number of aromatic nitrogens is 2. The minimum absolute atomic E-state index is 0.0929. The van der Waals surface area contributed by atoms with Crippen LogP contribution in [0.15, 0.2) is 0 Å². The summed E-state index contributed by atoms with van der Waals surface area (Å²) in [5.41, 5.74) is 8.07. The predicted octanol–water partition coefficient (Wildman–Crippen LogP) is 0.763. The minimum Gasteiger partial charge on any atom is -0.368 e. The first-order valence-electron chi connectivity index (χ1n) is 4.82. The number of rotatable bonds is 3. The van der Waals surface area contributed by atoms with E-state index in [2.05, 4.69) is 5.10 Å². The smallest absolute Gasteiger partial charge is 0.213 e. The van der Waals surface area contributed by atoms with Crippen molar-refractivity contribution in [1.82, 2.24) is 9.78 Å². The molecule has 0 aromatic carbocycles. The van der Waals surface area contributed by atoms with Gasteiger partial charge in [-0.2, -0.15) is 5.10 Å². The molecule has 0 aliphatic heterocycles. The Morgan fingerprint density at radius 3 is 2.53 bits per heavy atom. The van der Waals surface area contributed by atoms with Gasteiger partial charge in [0.15, 0.2) is 0 Å². The summed E-state index contributed by atoms with van der Waals surface area (Å²) >= 11 is 0. The highest BCUT2D eigenvalue weighted by Crippen LogP contribution is 2.14. The Morgan fingerprint density at radius 1 is 1.53 bits per heavy atom. The largest absolute Gasteiger partial charge is 0.368 e. The van der Waals surface area contributed by atoms with Crippen molar-refractivity contribution in [3.63, 3.8) is 0 Å². The van der Waals surface area contributed by atoms with Crippen LogP contribution in [0.2, 0.25) is 0 Å². The lowest BCUT2D eigenvalue weighted by molar-refractivity contribution is -0.116. The lowest BCUT2D eigenvalue weighted by atomic mass is 10.1. The van der Waals surface area contributed by atoms with Gasteiger partial charge in [-0.15, -0.1) is 0 Å². The lowest BCUT2D eigenvalue weighted by Crippen LogP contribution is -2.23.